The second kappa shape index (κ2) is 5.04. The Morgan fingerprint density at radius 2 is 2.25 bits per heavy atom. The summed E-state index contributed by atoms with van der Waals surface area (Å²) in [6, 6.07) is 5.94. The summed E-state index contributed by atoms with van der Waals surface area (Å²) in [5, 5.41) is 4.14. The molecule has 5 heteroatoms. The lowest BCUT2D eigenvalue weighted by Gasteiger charge is -2.41. The van der Waals surface area contributed by atoms with Crippen molar-refractivity contribution in [3.05, 3.63) is 27.5 Å². The number of carbonyl (C=O) groups is 1. The summed E-state index contributed by atoms with van der Waals surface area (Å²) < 4.78 is 2.03. The first-order valence-corrected chi connectivity index (χ1v) is 8.46. The molecule has 0 saturated heterocycles. The van der Waals surface area contributed by atoms with Crippen molar-refractivity contribution in [3.8, 4) is 0 Å². The first kappa shape index (κ1) is 13.9. The number of amides is 1. The van der Waals surface area contributed by atoms with Crippen LogP contribution in [-0.4, -0.2) is 11.4 Å². The summed E-state index contributed by atoms with van der Waals surface area (Å²) in [4.78, 5) is 13.1. The molecule has 0 spiro atoms. The topological polar surface area (TPSA) is 55.1 Å². The molecule has 2 aromatic rings. The van der Waals surface area contributed by atoms with E-state index in [0.29, 0.717) is 10.6 Å². The maximum atomic E-state index is 12.5. The highest BCUT2D eigenvalue weighted by Crippen LogP contribution is 2.38. The van der Waals surface area contributed by atoms with Crippen LogP contribution >= 0.6 is 27.3 Å². The molecule has 0 unspecified atom stereocenters. The lowest BCUT2D eigenvalue weighted by atomic mass is 9.75. The van der Waals surface area contributed by atoms with Gasteiger partial charge in [-0.2, -0.15) is 0 Å². The lowest BCUT2D eigenvalue weighted by molar-refractivity contribution is 0.0825. The van der Waals surface area contributed by atoms with E-state index >= 15 is 0 Å². The van der Waals surface area contributed by atoms with Gasteiger partial charge in [-0.25, -0.2) is 0 Å². The molecule has 0 bridgehead atoms. The minimum atomic E-state index is -0.0265. The fraction of sp³-hybridized carbons (Fsp3) is 0.400. The average Bonchev–Trinajstić information content (AvgIpc) is 2.71. The van der Waals surface area contributed by atoms with E-state index in [-0.39, 0.29) is 11.4 Å². The predicted octanol–water partition coefficient (Wildman–Crippen LogP) is 4.31. The second-order valence-electron chi connectivity index (χ2n) is 5.43. The van der Waals surface area contributed by atoms with Gasteiger partial charge in [-0.05, 0) is 43.9 Å². The minimum Gasteiger partial charge on any atom is -0.397 e. The van der Waals surface area contributed by atoms with E-state index in [9.17, 15) is 4.79 Å². The van der Waals surface area contributed by atoms with Crippen molar-refractivity contribution in [1.29, 1.82) is 0 Å². The summed E-state index contributed by atoms with van der Waals surface area (Å²) in [6.07, 6.45) is 4.33. The molecule has 0 aliphatic heterocycles. The number of rotatable bonds is 3. The minimum absolute atomic E-state index is 0.000279. The highest BCUT2D eigenvalue weighted by atomic mass is 79.9. The molecule has 0 radical (unpaired) electrons. The molecule has 3 nitrogen and oxygen atoms in total. The van der Waals surface area contributed by atoms with Gasteiger partial charge in [0.1, 0.15) is 4.88 Å². The van der Waals surface area contributed by atoms with Crippen LogP contribution in [-0.2, 0) is 0 Å². The molecule has 3 N–H and O–H groups in total. The molecule has 106 valence electrons. The van der Waals surface area contributed by atoms with E-state index < -0.39 is 0 Å². The summed E-state index contributed by atoms with van der Waals surface area (Å²) >= 11 is 4.91. The predicted molar refractivity (Wildman–Crippen MR) is 88.3 cm³/mol. The number of halogens is 1. The Hall–Kier alpha value is -1.07. The van der Waals surface area contributed by atoms with E-state index in [0.717, 1.165) is 33.8 Å². The van der Waals surface area contributed by atoms with Crippen LogP contribution in [0.25, 0.3) is 10.1 Å². The van der Waals surface area contributed by atoms with Crippen LogP contribution in [0.2, 0.25) is 0 Å². The summed E-state index contributed by atoms with van der Waals surface area (Å²) in [5.74, 6) is -0.0265. The molecule has 1 aliphatic rings. The van der Waals surface area contributed by atoms with Crippen molar-refractivity contribution in [3.63, 3.8) is 0 Å². The zero-order valence-corrected chi connectivity index (χ0v) is 13.7. The average molecular weight is 353 g/mol. The fourth-order valence-electron chi connectivity index (χ4n) is 2.73. The van der Waals surface area contributed by atoms with Crippen LogP contribution in [0.4, 0.5) is 5.69 Å². The van der Waals surface area contributed by atoms with Crippen molar-refractivity contribution in [2.24, 2.45) is 0 Å². The maximum absolute atomic E-state index is 12.5. The summed E-state index contributed by atoms with van der Waals surface area (Å²) in [5.41, 5.74) is 6.75. The third-order valence-electron chi connectivity index (χ3n) is 4.26. The van der Waals surface area contributed by atoms with Crippen LogP contribution in [0.15, 0.2) is 22.7 Å². The third kappa shape index (κ3) is 2.23. The molecule has 1 saturated carbocycles. The standard InChI is InChI=1S/C15H17BrN2OS/c1-2-15(6-3-7-15)18-14(19)13-12(17)10-8-9(16)4-5-11(10)20-13/h4-5,8H,2-3,6-7,17H2,1H3,(H,18,19). The number of carbonyl (C=O) groups excluding carboxylic acids is 1. The van der Waals surface area contributed by atoms with E-state index in [1.807, 2.05) is 18.2 Å². The first-order valence-electron chi connectivity index (χ1n) is 6.85. The molecule has 0 atom stereocenters. The largest absolute Gasteiger partial charge is 0.397 e. The maximum Gasteiger partial charge on any atom is 0.263 e. The van der Waals surface area contributed by atoms with Crippen LogP contribution < -0.4 is 11.1 Å². The van der Waals surface area contributed by atoms with Gasteiger partial charge < -0.3 is 11.1 Å². The van der Waals surface area contributed by atoms with Crippen LogP contribution in [0.1, 0.15) is 42.3 Å². The first-order chi connectivity index (χ1) is 9.54. The number of nitrogens with two attached hydrogens (primary N) is 1. The third-order valence-corrected chi connectivity index (χ3v) is 5.94. The van der Waals surface area contributed by atoms with Gasteiger partial charge in [0.05, 0.1) is 5.69 Å². The lowest BCUT2D eigenvalue weighted by Crippen LogP contribution is -2.52. The highest BCUT2D eigenvalue weighted by molar-refractivity contribution is 9.10. The normalized spacial score (nSPS) is 16.9. The molecular formula is C15H17BrN2OS. The Morgan fingerprint density at radius 1 is 1.50 bits per heavy atom. The van der Waals surface area contributed by atoms with Crippen LogP contribution in [0.5, 0.6) is 0 Å². The van der Waals surface area contributed by atoms with Gasteiger partial charge in [-0.15, -0.1) is 11.3 Å². The van der Waals surface area contributed by atoms with Gasteiger partial charge in [0.2, 0.25) is 0 Å². The molecule has 20 heavy (non-hydrogen) atoms. The number of anilines is 1. The molecule has 1 heterocycles. The van der Waals surface area contributed by atoms with Gasteiger partial charge in [0, 0.05) is 20.1 Å². The quantitative estimate of drug-likeness (QED) is 0.864. The van der Waals surface area contributed by atoms with E-state index in [1.54, 1.807) is 0 Å². The van der Waals surface area contributed by atoms with Gasteiger partial charge in [0.25, 0.3) is 5.91 Å². The van der Waals surface area contributed by atoms with Crippen molar-refractivity contribution < 1.29 is 4.79 Å². The zero-order valence-electron chi connectivity index (χ0n) is 11.3. The van der Waals surface area contributed by atoms with Gasteiger partial charge in [-0.1, -0.05) is 22.9 Å². The Kier molecular flexibility index (Phi) is 3.50. The number of thiophene rings is 1. The molecule has 1 amide bonds. The number of nitrogens with one attached hydrogen (secondary N) is 1. The summed E-state index contributed by atoms with van der Waals surface area (Å²) in [6.45, 7) is 2.13. The van der Waals surface area contributed by atoms with Crippen LogP contribution in [0, 0.1) is 0 Å². The van der Waals surface area contributed by atoms with E-state index in [2.05, 4.69) is 28.2 Å². The van der Waals surface area contributed by atoms with E-state index in [1.165, 1.54) is 17.8 Å². The number of nitrogen functional groups attached to an aromatic ring is 1. The van der Waals surface area contributed by atoms with Crippen molar-refractivity contribution in [1.82, 2.24) is 5.32 Å². The Balaban J connectivity index is 1.93. The SMILES string of the molecule is CCC1(NC(=O)c2sc3ccc(Br)cc3c2N)CCC1. The van der Waals surface area contributed by atoms with Gasteiger partial charge in [-0.3, -0.25) is 4.79 Å². The van der Waals surface area contributed by atoms with Gasteiger partial charge >= 0.3 is 0 Å². The van der Waals surface area contributed by atoms with Crippen molar-refractivity contribution in [2.75, 3.05) is 5.73 Å². The second-order valence-corrected chi connectivity index (χ2v) is 7.39. The molecule has 1 aromatic carbocycles. The molecule has 3 rings (SSSR count). The zero-order chi connectivity index (χ0) is 14.3. The molecule has 1 aromatic heterocycles. The Morgan fingerprint density at radius 3 is 2.85 bits per heavy atom. The number of hydrogen-bond donors (Lipinski definition) is 2. The number of hydrogen-bond acceptors (Lipinski definition) is 3. The number of fused-ring (bicyclic) bond motifs is 1. The van der Waals surface area contributed by atoms with Crippen molar-refractivity contribution >= 4 is 48.9 Å². The van der Waals surface area contributed by atoms with E-state index in [4.69, 9.17) is 5.73 Å². The van der Waals surface area contributed by atoms with Gasteiger partial charge in [0.15, 0.2) is 0 Å². The summed E-state index contributed by atoms with van der Waals surface area (Å²) in [7, 11) is 0. The Labute approximate surface area is 130 Å². The molecular weight excluding hydrogens is 336 g/mol. The molecule has 1 aliphatic carbocycles. The van der Waals surface area contributed by atoms with Crippen molar-refractivity contribution in [2.45, 2.75) is 38.1 Å². The monoisotopic (exact) mass is 352 g/mol. The van der Waals surface area contributed by atoms with Crippen LogP contribution in [0.3, 0.4) is 0 Å². The fourth-order valence-corrected chi connectivity index (χ4v) is 4.09. The Bertz CT molecular complexity index is 670. The molecule has 1 fully saturated rings. The number of benzene rings is 1. The smallest absolute Gasteiger partial charge is 0.263 e. The highest BCUT2D eigenvalue weighted by Gasteiger charge is 2.37.